The van der Waals surface area contributed by atoms with E-state index in [0.29, 0.717) is 0 Å². The lowest BCUT2D eigenvalue weighted by atomic mass is 9.92. The highest BCUT2D eigenvalue weighted by Crippen LogP contribution is 2.22. The van der Waals surface area contributed by atoms with E-state index in [4.69, 9.17) is 5.26 Å². The number of rotatable bonds is 6. The first kappa shape index (κ1) is 14.5. The van der Waals surface area contributed by atoms with Gasteiger partial charge in [-0.1, -0.05) is 19.8 Å². The van der Waals surface area contributed by atoms with Crippen molar-refractivity contribution in [1.29, 1.82) is 5.26 Å². The van der Waals surface area contributed by atoms with Gasteiger partial charge in [0.25, 0.3) is 0 Å². The highest BCUT2D eigenvalue weighted by atomic mass is 15.1. The predicted molar refractivity (Wildman–Crippen MR) is 71.8 cm³/mol. The Morgan fingerprint density at radius 1 is 1.41 bits per heavy atom. The van der Waals surface area contributed by atoms with Crippen molar-refractivity contribution in [2.24, 2.45) is 5.92 Å². The van der Waals surface area contributed by atoms with Crippen LogP contribution in [0, 0.1) is 17.2 Å². The minimum absolute atomic E-state index is 0.361. The average Bonchev–Trinajstić information content (AvgIpc) is 2.38. The maximum Gasteiger partial charge on any atom is 0.104 e. The van der Waals surface area contributed by atoms with E-state index in [1.54, 1.807) is 0 Å². The van der Waals surface area contributed by atoms with Gasteiger partial charge in [-0.25, -0.2) is 0 Å². The average molecular weight is 237 g/mol. The van der Waals surface area contributed by atoms with Gasteiger partial charge < -0.3 is 10.2 Å². The van der Waals surface area contributed by atoms with Crippen molar-refractivity contribution in [1.82, 2.24) is 10.2 Å². The SMILES string of the molecule is CCCC1CCN(CCC(C)(C#N)NC)CC1. The standard InChI is InChI=1S/C14H27N3/c1-4-5-13-6-9-17(10-7-13)11-8-14(2,12-15)16-3/h13,16H,4-11H2,1-3H3. The van der Waals surface area contributed by atoms with Crippen molar-refractivity contribution in [3.05, 3.63) is 0 Å². The summed E-state index contributed by atoms with van der Waals surface area (Å²) in [6.45, 7) is 7.74. The van der Waals surface area contributed by atoms with Crippen LogP contribution in [0.5, 0.6) is 0 Å². The number of hydrogen-bond donors (Lipinski definition) is 1. The summed E-state index contributed by atoms with van der Waals surface area (Å²) in [6.07, 6.45) is 6.31. The Morgan fingerprint density at radius 2 is 2.06 bits per heavy atom. The predicted octanol–water partition coefficient (Wildman–Crippen LogP) is 2.39. The van der Waals surface area contributed by atoms with Crippen LogP contribution in [0.15, 0.2) is 0 Å². The Labute approximate surface area is 106 Å². The molecule has 3 heteroatoms. The third-order valence-corrected chi connectivity index (χ3v) is 4.13. The molecule has 98 valence electrons. The zero-order valence-corrected chi connectivity index (χ0v) is 11.6. The fourth-order valence-corrected chi connectivity index (χ4v) is 2.53. The fraction of sp³-hybridized carbons (Fsp3) is 0.929. The third-order valence-electron chi connectivity index (χ3n) is 4.13. The molecule has 3 nitrogen and oxygen atoms in total. The Morgan fingerprint density at radius 3 is 2.53 bits per heavy atom. The molecule has 0 aromatic rings. The molecule has 0 aromatic heterocycles. The van der Waals surface area contributed by atoms with Crippen LogP contribution < -0.4 is 5.32 Å². The number of piperidine rings is 1. The van der Waals surface area contributed by atoms with Gasteiger partial charge in [0.2, 0.25) is 0 Å². The van der Waals surface area contributed by atoms with Crippen LogP contribution in [0.1, 0.15) is 46.0 Å². The Kier molecular flexibility index (Phi) is 5.94. The maximum absolute atomic E-state index is 9.10. The number of hydrogen-bond acceptors (Lipinski definition) is 3. The number of nitrogens with one attached hydrogen (secondary N) is 1. The van der Waals surface area contributed by atoms with Gasteiger partial charge in [-0.15, -0.1) is 0 Å². The van der Waals surface area contributed by atoms with E-state index in [0.717, 1.165) is 18.9 Å². The topological polar surface area (TPSA) is 39.1 Å². The molecule has 0 bridgehead atoms. The van der Waals surface area contributed by atoms with Crippen molar-refractivity contribution in [2.45, 2.75) is 51.5 Å². The monoisotopic (exact) mass is 237 g/mol. The number of nitrogens with zero attached hydrogens (tertiary/aromatic N) is 2. The lowest BCUT2D eigenvalue weighted by Crippen LogP contribution is -2.43. The number of likely N-dealkylation sites (tertiary alicyclic amines) is 1. The van der Waals surface area contributed by atoms with E-state index in [-0.39, 0.29) is 5.54 Å². The van der Waals surface area contributed by atoms with Crippen molar-refractivity contribution >= 4 is 0 Å². The van der Waals surface area contributed by atoms with E-state index in [1.165, 1.54) is 38.8 Å². The van der Waals surface area contributed by atoms with E-state index in [9.17, 15) is 0 Å². The van der Waals surface area contributed by atoms with Crippen LogP contribution in [-0.4, -0.2) is 37.1 Å². The summed E-state index contributed by atoms with van der Waals surface area (Å²) in [5.74, 6) is 0.947. The molecule has 1 atom stereocenters. The van der Waals surface area contributed by atoms with Crippen molar-refractivity contribution in [3.8, 4) is 6.07 Å². The van der Waals surface area contributed by atoms with Gasteiger partial charge in [0.1, 0.15) is 5.54 Å². The molecule has 1 aliphatic heterocycles. The number of nitriles is 1. The van der Waals surface area contributed by atoms with E-state index < -0.39 is 0 Å². The zero-order valence-electron chi connectivity index (χ0n) is 11.6. The highest BCUT2D eigenvalue weighted by molar-refractivity contribution is 5.03. The molecule has 0 spiro atoms. The molecular formula is C14H27N3. The van der Waals surface area contributed by atoms with Crippen molar-refractivity contribution in [2.75, 3.05) is 26.7 Å². The molecule has 17 heavy (non-hydrogen) atoms. The quantitative estimate of drug-likeness (QED) is 0.771. The summed E-state index contributed by atoms with van der Waals surface area (Å²) < 4.78 is 0. The molecule has 1 fully saturated rings. The minimum atomic E-state index is -0.361. The second-order valence-corrected chi connectivity index (χ2v) is 5.52. The van der Waals surface area contributed by atoms with Gasteiger partial charge in [-0.2, -0.15) is 5.26 Å². The molecule has 1 unspecified atom stereocenters. The molecule has 1 aliphatic rings. The molecule has 1 saturated heterocycles. The molecule has 1 N–H and O–H groups in total. The second-order valence-electron chi connectivity index (χ2n) is 5.52. The minimum Gasteiger partial charge on any atom is -0.303 e. The van der Waals surface area contributed by atoms with Crippen LogP contribution in [0.25, 0.3) is 0 Å². The zero-order chi connectivity index (χ0) is 12.7. The highest BCUT2D eigenvalue weighted by Gasteiger charge is 2.24. The van der Waals surface area contributed by atoms with E-state index in [1.807, 2.05) is 14.0 Å². The van der Waals surface area contributed by atoms with Gasteiger partial charge in [-0.3, -0.25) is 0 Å². The molecule has 0 amide bonds. The first-order valence-electron chi connectivity index (χ1n) is 6.96. The molecule has 0 radical (unpaired) electrons. The summed E-state index contributed by atoms with van der Waals surface area (Å²) in [5.41, 5.74) is -0.361. The van der Waals surface area contributed by atoms with Gasteiger partial charge in [0.05, 0.1) is 6.07 Å². The van der Waals surface area contributed by atoms with Crippen LogP contribution in [0.2, 0.25) is 0 Å². The molecule has 0 aliphatic carbocycles. The molecule has 0 saturated carbocycles. The molecule has 1 heterocycles. The van der Waals surface area contributed by atoms with Crippen molar-refractivity contribution in [3.63, 3.8) is 0 Å². The van der Waals surface area contributed by atoms with Crippen LogP contribution >= 0.6 is 0 Å². The molecule has 0 aromatic carbocycles. The summed E-state index contributed by atoms with van der Waals surface area (Å²) >= 11 is 0. The van der Waals surface area contributed by atoms with Gasteiger partial charge in [0.15, 0.2) is 0 Å². The second kappa shape index (κ2) is 6.98. The van der Waals surface area contributed by atoms with Crippen LogP contribution in [0.4, 0.5) is 0 Å². The smallest absolute Gasteiger partial charge is 0.104 e. The summed E-state index contributed by atoms with van der Waals surface area (Å²) in [5, 5.41) is 12.2. The molecular weight excluding hydrogens is 210 g/mol. The van der Waals surface area contributed by atoms with Crippen LogP contribution in [-0.2, 0) is 0 Å². The summed E-state index contributed by atoms with van der Waals surface area (Å²) in [4.78, 5) is 2.51. The largest absolute Gasteiger partial charge is 0.303 e. The lowest BCUT2D eigenvalue weighted by Gasteiger charge is -2.33. The van der Waals surface area contributed by atoms with Gasteiger partial charge >= 0.3 is 0 Å². The van der Waals surface area contributed by atoms with Crippen molar-refractivity contribution < 1.29 is 0 Å². The van der Waals surface area contributed by atoms with Gasteiger partial charge in [0, 0.05) is 6.54 Å². The Balaban J connectivity index is 2.25. The van der Waals surface area contributed by atoms with E-state index >= 15 is 0 Å². The van der Waals surface area contributed by atoms with E-state index in [2.05, 4.69) is 23.2 Å². The fourth-order valence-electron chi connectivity index (χ4n) is 2.53. The third kappa shape index (κ3) is 4.65. The normalized spacial score (nSPS) is 22.0. The maximum atomic E-state index is 9.10. The first-order valence-corrected chi connectivity index (χ1v) is 6.96. The van der Waals surface area contributed by atoms with Crippen LogP contribution in [0.3, 0.4) is 0 Å². The molecule has 1 rings (SSSR count). The lowest BCUT2D eigenvalue weighted by molar-refractivity contribution is 0.168. The summed E-state index contributed by atoms with van der Waals surface area (Å²) in [6, 6.07) is 2.36. The Hall–Kier alpha value is -0.590. The Bertz CT molecular complexity index is 251. The summed E-state index contributed by atoms with van der Waals surface area (Å²) in [7, 11) is 1.87. The van der Waals surface area contributed by atoms with Gasteiger partial charge in [-0.05, 0) is 52.2 Å². The first-order chi connectivity index (χ1) is 8.13.